The van der Waals surface area contributed by atoms with Crippen molar-refractivity contribution >= 4 is 5.97 Å². The second-order valence-corrected chi connectivity index (χ2v) is 5.62. The largest absolute Gasteiger partial charge is 0.468 e. The maximum atomic E-state index is 12.0. The molecular formula is C13H24N2O2. The highest BCUT2D eigenvalue weighted by atomic mass is 16.5. The standard InChI is InChI=1S/C13H24N2O2/c1-10(2)15-8-6-13(7-9-15,12(16)17-3)14-11-4-5-11/h10-11,14H,4-9H2,1-3H3. The van der Waals surface area contributed by atoms with E-state index in [-0.39, 0.29) is 5.97 Å². The van der Waals surface area contributed by atoms with Gasteiger partial charge in [-0.1, -0.05) is 0 Å². The van der Waals surface area contributed by atoms with Gasteiger partial charge >= 0.3 is 5.97 Å². The number of methoxy groups -OCH3 is 1. The molecule has 0 aromatic heterocycles. The lowest BCUT2D eigenvalue weighted by Crippen LogP contribution is -2.60. The molecule has 0 unspecified atom stereocenters. The topological polar surface area (TPSA) is 41.6 Å². The number of nitrogens with zero attached hydrogens (tertiary/aromatic N) is 1. The molecule has 4 nitrogen and oxygen atoms in total. The van der Waals surface area contributed by atoms with Gasteiger partial charge in [-0.05, 0) is 39.5 Å². The first-order chi connectivity index (χ1) is 8.07. The molecule has 4 heteroatoms. The van der Waals surface area contributed by atoms with Gasteiger partial charge in [-0.15, -0.1) is 0 Å². The molecule has 0 bridgehead atoms. The molecule has 0 amide bonds. The zero-order chi connectivity index (χ0) is 12.5. The van der Waals surface area contributed by atoms with Crippen LogP contribution in [0.2, 0.25) is 0 Å². The molecule has 1 N–H and O–H groups in total. The van der Waals surface area contributed by atoms with E-state index < -0.39 is 5.54 Å². The third-order valence-corrected chi connectivity index (χ3v) is 4.02. The van der Waals surface area contributed by atoms with Crippen LogP contribution in [0, 0.1) is 0 Å². The number of hydrogen-bond acceptors (Lipinski definition) is 4. The third kappa shape index (κ3) is 2.80. The highest BCUT2D eigenvalue weighted by Crippen LogP contribution is 2.30. The Morgan fingerprint density at radius 1 is 1.35 bits per heavy atom. The molecule has 2 aliphatic rings. The van der Waals surface area contributed by atoms with Crippen molar-refractivity contribution in [3.8, 4) is 0 Å². The fourth-order valence-electron chi connectivity index (χ4n) is 2.64. The lowest BCUT2D eigenvalue weighted by Gasteiger charge is -2.41. The molecule has 2 rings (SSSR count). The number of hydrogen-bond donors (Lipinski definition) is 1. The fraction of sp³-hybridized carbons (Fsp3) is 0.923. The van der Waals surface area contributed by atoms with Crippen LogP contribution < -0.4 is 5.32 Å². The van der Waals surface area contributed by atoms with E-state index in [1.165, 1.54) is 20.0 Å². The normalized spacial score (nSPS) is 24.9. The number of ether oxygens (including phenoxy) is 1. The van der Waals surface area contributed by atoms with Gasteiger partial charge < -0.3 is 9.64 Å². The number of nitrogens with one attached hydrogen (secondary N) is 1. The molecule has 1 aliphatic carbocycles. The van der Waals surface area contributed by atoms with Gasteiger partial charge in [0.25, 0.3) is 0 Å². The molecule has 0 radical (unpaired) electrons. The average molecular weight is 240 g/mol. The summed E-state index contributed by atoms with van der Waals surface area (Å²) >= 11 is 0. The molecule has 2 fully saturated rings. The second kappa shape index (κ2) is 4.94. The van der Waals surface area contributed by atoms with Gasteiger partial charge in [0.2, 0.25) is 0 Å². The van der Waals surface area contributed by atoms with E-state index in [1.54, 1.807) is 0 Å². The van der Waals surface area contributed by atoms with Gasteiger partial charge in [-0.25, -0.2) is 0 Å². The first-order valence-electron chi connectivity index (χ1n) is 6.67. The van der Waals surface area contributed by atoms with E-state index in [4.69, 9.17) is 4.74 Å². The zero-order valence-corrected chi connectivity index (χ0v) is 11.2. The van der Waals surface area contributed by atoms with Crippen molar-refractivity contribution in [3.05, 3.63) is 0 Å². The smallest absolute Gasteiger partial charge is 0.326 e. The fourth-order valence-corrected chi connectivity index (χ4v) is 2.64. The third-order valence-electron chi connectivity index (χ3n) is 4.02. The van der Waals surface area contributed by atoms with Gasteiger partial charge in [0.15, 0.2) is 0 Å². The number of likely N-dealkylation sites (tertiary alicyclic amines) is 1. The molecule has 98 valence electrons. The average Bonchev–Trinajstić information content (AvgIpc) is 3.12. The summed E-state index contributed by atoms with van der Waals surface area (Å²) in [4.78, 5) is 14.5. The summed E-state index contributed by atoms with van der Waals surface area (Å²) in [6, 6.07) is 1.10. The highest BCUT2D eigenvalue weighted by molar-refractivity contribution is 5.81. The van der Waals surface area contributed by atoms with E-state index in [0.717, 1.165) is 25.9 Å². The van der Waals surface area contributed by atoms with Crippen molar-refractivity contribution in [2.24, 2.45) is 0 Å². The van der Waals surface area contributed by atoms with Crippen LogP contribution in [-0.2, 0) is 9.53 Å². The van der Waals surface area contributed by atoms with Crippen molar-refractivity contribution in [3.63, 3.8) is 0 Å². The molecule has 1 aliphatic heterocycles. The maximum absolute atomic E-state index is 12.0. The van der Waals surface area contributed by atoms with Crippen molar-refractivity contribution in [1.29, 1.82) is 0 Å². The van der Waals surface area contributed by atoms with Gasteiger partial charge in [-0.3, -0.25) is 10.1 Å². The number of esters is 1. The highest BCUT2D eigenvalue weighted by Gasteiger charge is 2.45. The summed E-state index contributed by atoms with van der Waals surface area (Å²) in [7, 11) is 1.49. The summed E-state index contributed by atoms with van der Waals surface area (Å²) in [5.74, 6) is -0.0761. The molecule has 0 atom stereocenters. The predicted molar refractivity (Wildman–Crippen MR) is 66.8 cm³/mol. The monoisotopic (exact) mass is 240 g/mol. The van der Waals surface area contributed by atoms with Crippen molar-refractivity contribution in [2.75, 3.05) is 20.2 Å². The first-order valence-corrected chi connectivity index (χ1v) is 6.67. The molecule has 0 spiro atoms. The Morgan fingerprint density at radius 3 is 2.35 bits per heavy atom. The zero-order valence-electron chi connectivity index (χ0n) is 11.2. The van der Waals surface area contributed by atoms with Crippen LogP contribution in [0.25, 0.3) is 0 Å². The Balaban J connectivity index is 2.00. The van der Waals surface area contributed by atoms with E-state index in [9.17, 15) is 4.79 Å². The Bertz CT molecular complexity index is 279. The minimum Gasteiger partial charge on any atom is -0.468 e. The molecule has 0 aromatic rings. The van der Waals surface area contributed by atoms with Crippen LogP contribution in [0.15, 0.2) is 0 Å². The number of carbonyl (C=O) groups excluding carboxylic acids is 1. The van der Waals surface area contributed by atoms with Crippen molar-refractivity contribution in [1.82, 2.24) is 10.2 Å². The maximum Gasteiger partial charge on any atom is 0.326 e. The van der Waals surface area contributed by atoms with Gasteiger partial charge in [0.05, 0.1) is 7.11 Å². The summed E-state index contributed by atoms with van der Waals surface area (Å²) in [6.07, 6.45) is 4.14. The van der Waals surface area contributed by atoms with E-state index >= 15 is 0 Å². The van der Waals surface area contributed by atoms with Crippen LogP contribution >= 0.6 is 0 Å². The van der Waals surface area contributed by atoms with Crippen LogP contribution in [-0.4, -0.2) is 48.7 Å². The number of rotatable bonds is 4. The van der Waals surface area contributed by atoms with Crippen LogP contribution in [0.1, 0.15) is 39.5 Å². The molecule has 0 aromatic carbocycles. The summed E-state index contributed by atoms with van der Waals surface area (Å²) < 4.78 is 5.00. The molecule has 1 heterocycles. The lowest BCUT2D eigenvalue weighted by atomic mass is 9.86. The van der Waals surface area contributed by atoms with Gasteiger partial charge in [-0.2, -0.15) is 0 Å². The molecule has 1 saturated carbocycles. The molecule has 1 saturated heterocycles. The Labute approximate surface area is 104 Å². The minimum absolute atomic E-state index is 0.0761. The lowest BCUT2D eigenvalue weighted by molar-refractivity contribution is -0.151. The number of carbonyl (C=O) groups is 1. The molecule has 17 heavy (non-hydrogen) atoms. The van der Waals surface area contributed by atoms with Crippen molar-refractivity contribution in [2.45, 2.75) is 57.2 Å². The second-order valence-electron chi connectivity index (χ2n) is 5.62. The van der Waals surface area contributed by atoms with Crippen LogP contribution in [0.5, 0.6) is 0 Å². The van der Waals surface area contributed by atoms with E-state index in [0.29, 0.717) is 12.1 Å². The summed E-state index contributed by atoms with van der Waals surface area (Å²) in [6.45, 7) is 6.37. The van der Waals surface area contributed by atoms with Crippen molar-refractivity contribution < 1.29 is 9.53 Å². The van der Waals surface area contributed by atoms with E-state index in [2.05, 4.69) is 24.1 Å². The quantitative estimate of drug-likeness (QED) is 0.749. The van der Waals surface area contributed by atoms with E-state index in [1.807, 2.05) is 0 Å². The Hall–Kier alpha value is -0.610. The van der Waals surface area contributed by atoms with Gasteiger partial charge in [0, 0.05) is 25.2 Å². The Morgan fingerprint density at radius 2 is 1.94 bits per heavy atom. The number of piperidine rings is 1. The SMILES string of the molecule is COC(=O)C1(NC2CC2)CCN(C(C)C)CC1. The predicted octanol–water partition coefficient (Wildman–Crippen LogP) is 1.15. The Kier molecular flexibility index (Phi) is 3.73. The van der Waals surface area contributed by atoms with Crippen LogP contribution in [0.4, 0.5) is 0 Å². The first kappa shape index (κ1) is 12.8. The van der Waals surface area contributed by atoms with Gasteiger partial charge in [0.1, 0.15) is 5.54 Å². The molecular weight excluding hydrogens is 216 g/mol. The van der Waals surface area contributed by atoms with Crippen LogP contribution in [0.3, 0.4) is 0 Å². The summed E-state index contributed by atoms with van der Waals surface area (Å²) in [5.41, 5.74) is -0.415. The summed E-state index contributed by atoms with van der Waals surface area (Å²) in [5, 5.41) is 3.52. The minimum atomic E-state index is -0.415.